The van der Waals surface area contributed by atoms with Crippen molar-refractivity contribution in [3.63, 3.8) is 0 Å². The van der Waals surface area contributed by atoms with Gasteiger partial charge < -0.3 is 10.1 Å². The summed E-state index contributed by atoms with van der Waals surface area (Å²) in [6.45, 7) is 3.78. The lowest BCUT2D eigenvalue weighted by Crippen LogP contribution is -2.31. The number of thiol groups is 1. The highest BCUT2D eigenvalue weighted by atomic mass is 32.2. The molecule has 0 aromatic rings. The first-order valence-electron chi connectivity index (χ1n) is 4.46. The van der Waals surface area contributed by atoms with Gasteiger partial charge in [0.15, 0.2) is 0 Å². The van der Waals surface area contributed by atoms with Gasteiger partial charge in [0, 0.05) is 17.9 Å². The Morgan fingerprint density at radius 2 is 2.12 bits per heavy atom. The average molecular weight is 269 g/mol. The second-order valence-electron chi connectivity index (χ2n) is 2.92. The average Bonchev–Trinajstić information content (AvgIpc) is 2.15. The lowest BCUT2D eigenvalue weighted by Gasteiger charge is -2.07. The van der Waals surface area contributed by atoms with Crippen molar-refractivity contribution in [2.45, 2.75) is 0 Å². The molecule has 0 aromatic heterocycles. The van der Waals surface area contributed by atoms with Crippen LogP contribution in [-0.4, -0.2) is 50.1 Å². The highest BCUT2D eigenvalue weighted by Gasteiger charge is 2.09. The van der Waals surface area contributed by atoms with Gasteiger partial charge in [0.25, 0.3) is 10.1 Å². The van der Waals surface area contributed by atoms with E-state index in [0.717, 1.165) is 0 Å². The molecule has 0 fully saturated rings. The summed E-state index contributed by atoms with van der Waals surface area (Å²) in [5.41, 5.74) is 0.192. The zero-order valence-corrected chi connectivity index (χ0v) is 10.4. The van der Waals surface area contributed by atoms with E-state index >= 15 is 0 Å². The van der Waals surface area contributed by atoms with Crippen molar-refractivity contribution < 1.29 is 22.5 Å². The molecule has 94 valence electrons. The van der Waals surface area contributed by atoms with Crippen LogP contribution >= 0.6 is 12.6 Å². The normalized spacial score (nSPS) is 11.1. The lowest BCUT2D eigenvalue weighted by atomic mass is 10.3. The summed E-state index contributed by atoms with van der Waals surface area (Å²) in [6.07, 6.45) is 0. The third-order valence-corrected chi connectivity index (χ3v) is 2.38. The predicted octanol–water partition coefficient (Wildman–Crippen LogP) is -0.507. The van der Waals surface area contributed by atoms with Crippen LogP contribution in [0.3, 0.4) is 0 Å². The quantitative estimate of drug-likeness (QED) is 0.239. The highest BCUT2D eigenvalue weighted by molar-refractivity contribution is 7.85. The molecular weight excluding hydrogens is 254 g/mol. The monoisotopic (exact) mass is 269 g/mol. The Morgan fingerprint density at radius 3 is 2.62 bits per heavy atom. The number of carbonyl (C=O) groups excluding carboxylic acids is 1. The molecule has 1 amide bonds. The molecular formula is C8H15NO5S2. The van der Waals surface area contributed by atoms with E-state index in [1.54, 1.807) is 0 Å². The van der Waals surface area contributed by atoms with Gasteiger partial charge in [-0.25, -0.2) is 0 Å². The van der Waals surface area contributed by atoms with Gasteiger partial charge in [-0.1, -0.05) is 6.58 Å². The van der Waals surface area contributed by atoms with Crippen molar-refractivity contribution in [3.8, 4) is 0 Å². The molecule has 0 aliphatic heterocycles. The molecule has 0 unspecified atom stereocenters. The molecule has 2 N–H and O–H groups in total. The molecule has 0 heterocycles. The van der Waals surface area contributed by atoms with Crippen LogP contribution in [0.25, 0.3) is 0 Å². The van der Waals surface area contributed by atoms with Crippen LogP contribution in [0, 0.1) is 0 Å². The summed E-state index contributed by atoms with van der Waals surface area (Å²) >= 11 is 3.91. The van der Waals surface area contributed by atoms with E-state index in [4.69, 9.17) is 9.29 Å². The van der Waals surface area contributed by atoms with Crippen molar-refractivity contribution in [2.24, 2.45) is 0 Å². The van der Waals surface area contributed by atoms with Crippen LogP contribution in [0.1, 0.15) is 0 Å². The zero-order valence-electron chi connectivity index (χ0n) is 8.68. The minimum absolute atomic E-state index is 0.0677. The number of hydrogen-bond donors (Lipinski definition) is 3. The molecule has 0 bridgehead atoms. The molecule has 8 heteroatoms. The Kier molecular flexibility index (Phi) is 7.39. The van der Waals surface area contributed by atoms with Crippen LogP contribution < -0.4 is 5.32 Å². The molecule has 0 atom stereocenters. The van der Waals surface area contributed by atoms with Gasteiger partial charge in [-0.15, -0.1) is 0 Å². The van der Waals surface area contributed by atoms with Gasteiger partial charge in [0.05, 0.1) is 19.0 Å². The fourth-order valence-electron chi connectivity index (χ4n) is 0.744. The van der Waals surface area contributed by atoms with Gasteiger partial charge >= 0.3 is 0 Å². The molecule has 0 saturated heterocycles. The van der Waals surface area contributed by atoms with E-state index in [-0.39, 0.29) is 18.7 Å². The van der Waals surface area contributed by atoms with Crippen molar-refractivity contribution in [1.82, 2.24) is 5.32 Å². The summed E-state index contributed by atoms with van der Waals surface area (Å²) in [5.74, 6) is -0.482. The SMILES string of the molecule is C=C(COCCS)C(=O)NCCS(=O)(=O)O. The molecule has 0 aliphatic carbocycles. The Balaban J connectivity index is 3.76. The summed E-state index contributed by atoms with van der Waals surface area (Å²) < 4.78 is 34.1. The first-order valence-corrected chi connectivity index (χ1v) is 6.70. The summed E-state index contributed by atoms with van der Waals surface area (Å²) in [6, 6.07) is 0. The molecule has 16 heavy (non-hydrogen) atoms. The lowest BCUT2D eigenvalue weighted by molar-refractivity contribution is -0.117. The van der Waals surface area contributed by atoms with Crippen LogP contribution in [0.2, 0.25) is 0 Å². The number of ether oxygens (including phenoxy) is 1. The molecule has 0 saturated carbocycles. The fourth-order valence-corrected chi connectivity index (χ4v) is 1.23. The first-order chi connectivity index (χ1) is 7.37. The molecule has 0 radical (unpaired) electrons. The third-order valence-electron chi connectivity index (χ3n) is 1.48. The van der Waals surface area contributed by atoms with Gasteiger partial charge in [0.1, 0.15) is 0 Å². The Bertz CT molecular complexity index is 338. The van der Waals surface area contributed by atoms with Gasteiger partial charge in [-0.3, -0.25) is 9.35 Å². The summed E-state index contributed by atoms with van der Waals surface area (Å²) in [4.78, 5) is 11.2. The van der Waals surface area contributed by atoms with Crippen molar-refractivity contribution in [2.75, 3.05) is 31.3 Å². The van der Waals surface area contributed by atoms with Crippen LogP contribution in [0.15, 0.2) is 12.2 Å². The van der Waals surface area contributed by atoms with E-state index in [2.05, 4.69) is 24.5 Å². The second-order valence-corrected chi connectivity index (χ2v) is 4.94. The number of nitrogens with one attached hydrogen (secondary N) is 1. The predicted molar refractivity (Wildman–Crippen MR) is 63.2 cm³/mol. The van der Waals surface area contributed by atoms with E-state index in [1.165, 1.54) is 0 Å². The topological polar surface area (TPSA) is 92.7 Å². The largest absolute Gasteiger partial charge is 0.376 e. The third kappa shape index (κ3) is 8.72. The summed E-state index contributed by atoms with van der Waals surface area (Å²) in [7, 11) is -4.05. The standard InChI is InChI=1S/C8H15NO5S2/c1-7(6-14-3-4-15)8(10)9-2-5-16(11,12)13/h15H,1-6H2,(H,9,10)(H,11,12,13). The fraction of sp³-hybridized carbons (Fsp3) is 0.625. The maximum Gasteiger partial charge on any atom is 0.266 e. The minimum Gasteiger partial charge on any atom is -0.376 e. The maximum absolute atomic E-state index is 11.2. The van der Waals surface area contributed by atoms with Crippen LogP contribution in [0.5, 0.6) is 0 Å². The molecule has 0 aliphatic rings. The Hall–Kier alpha value is -0.570. The summed E-state index contributed by atoms with van der Waals surface area (Å²) in [5, 5.41) is 2.29. The minimum atomic E-state index is -4.05. The number of hydrogen-bond acceptors (Lipinski definition) is 5. The van der Waals surface area contributed by atoms with Crippen LogP contribution in [0.4, 0.5) is 0 Å². The first kappa shape index (κ1) is 15.4. The molecule has 0 rings (SSSR count). The van der Waals surface area contributed by atoms with Gasteiger partial charge in [-0.2, -0.15) is 21.0 Å². The van der Waals surface area contributed by atoms with E-state index < -0.39 is 21.8 Å². The van der Waals surface area contributed by atoms with Gasteiger partial charge in [-0.05, 0) is 0 Å². The number of rotatable bonds is 8. The van der Waals surface area contributed by atoms with E-state index in [9.17, 15) is 13.2 Å². The second kappa shape index (κ2) is 7.66. The maximum atomic E-state index is 11.2. The number of carbonyl (C=O) groups is 1. The van der Waals surface area contributed by atoms with Crippen LogP contribution in [-0.2, 0) is 19.6 Å². The van der Waals surface area contributed by atoms with Crippen molar-refractivity contribution in [3.05, 3.63) is 12.2 Å². The van der Waals surface area contributed by atoms with Gasteiger partial charge in [0.2, 0.25) is 5.91 Å². The van der Waals surface area contributed by atoms with Crippen molar-refractivity contribution >= 4 is 28.7 Å². The van der Waals surface area contributed by atoms with E-state index in [0.29, 0.717) is 12.4 Å². The Morgan fingerprint density at radius 1 is 1.50 bits per heavy atom. The smallest absolute Gasteiger partial charge is 0.266 e. The molecule has 0 spiro atoms. The highest BCUT2D eigenvalue weighted by Crippen LogP contribution is 1.92. The van der Waals surface area contributed by atoms with E-state index in [1.807, 2.05) is 0 Å². The Labute approximate surface area is 100 Å². The zero-order chi connectivity index (χ0) is 12.6. The molecule has 6 nitrogen and oxygen atoms in total. The number of amides is 1. The van der Waals surface area contributed by atoms with Crippen molar-refractivity contribution in [1.29, 1.82) is 0 Å². The molecule has 0 aromatic carbocycles.